The van der Waals surface area contributed by atoms with Crippen molar-refractivity contribution in [3.05, 3.63) is 57.3 Å². The number of carbonyl (C=O) groups is 1. The van der Waals surface area contributed by atoms with Crippen LogP contribution in [0.2, 0.25) is 0 Å². The van der Waals surface area contributed by atoms with E-state index in [1.54, 1.807) is 12.1 Å². The molecule has 0 bridgehead atoms. The predicted molar refractivity (Wildman–Crippen MR) is 58.8 cm³/mol. The van der Waals surface area contributed by atoms with Gasteiger partial charge in [-0.2, -0.15) is 0 Å². The molecule has 16 heavy (non-hydrogen) atoms. The largest absolute Gasteiger partial charge is 0.288 e. The molecule has 4 heteroatoms. The van der Waals surface area contributed by atoms with Crippen LogP contribution >= 0.6 is 11.3 Å². The number of halogens is 2. The van der Waals surface area contributed by atoms with Gasteiger partial charge in [-0.3, -0.25) is 4.79 Å². The summed E-state index contributed by atoms with van der Waals surface area (Å²) in [6, 6.07) is 6.29. The zero-order valence-corrected chi connectivity index (χ0v) is 9.28. The predicted octanol–water partition coefficient (Wildman–Crippen LogP) is 3.57. The fourth-order valence-electron chi connectivity index (χ4n) is 1.38. The van der Waals surface area contributed by atoms with E-state index < -0.39 is 11.6 Å². The zero-order chi connectivity index (χ0) is 11.7. The summed E-state index contributed by atoms with van der Waals surface area (Å²) >= 11 is 1.31. The van der Waals surface area contributed by atoms with Crippen molar-refractivity contribution >= 4 is 17.1 Å². The first kappa shape index (κ1) is 11.0. The van der Waals surface area contributed by atoms with E-state index in [0.29, 0.717) is 4.88 Å². The smallest absolute Gasteiger partial charge is 0.203 e. The number of hydrogen-bond acceptors (Lipinski definition) is 2. The first-order chi connectivity index (χ1) is 7.56. The van der Waals surface area contributed by atoms with Crippen LogP contribution in [-0.2, 0) is 0 Å². The number of aryl methyl sites for hydroxylation is 1. The molecule has 2 rings (SSSR count). The van der Waals surface area contributed by atoms with Crippen molar-refractivity contribution in [2.24, 2.45) is 0 Å². The van der Waals surface area contributed by atoms with Gasteiger partial charge in [-0.15, -0.1) is 11.3 Å². The average molecular weight is 238 g/mol. The second-order valence-electron chi connectivity index (χ2n) is 3.40. The van der Waals surface area contributed by atoms with E-state index in [1.165, 1.54) is 11.3 Å². The maximum Gasteiger partial charge on any atom is 0.203 e. The Morgan fingerprint density at radius 2 is 1.75 bits per heavy atom. The van der Waals surface area contributed by atoms with Crippen LogP contribution in [0.25, 0.3) is 0 Å². The maximum absolute atomic E-state index is 12.9. The third-order valence-electron chi connectivity index (χ3n) is 2.09. The van der Waals surface area contributed by atoms with Gasteiger partial charge in [0.1, 0.15) is 11.6 Å². The lowest BCUT2D eigenvalue weighted by Gasteiger charge is -1.99. The minimum absolute atomic E-state index is 0.0411. The van der Waals surface area contributed by atoms with E-state index in [4.69, 9.17) is 0 Å². The van der Waals surface area contributed by atoms with Crippen molar-refractivity contribution in [1.29, 1.82) is 0 Å². The molecule has 1 heterocycles. The summed E-state index contributed by atoms with van der Waals surface area (Å²) in [5, 5.41) is 0. The topological polar surface area (TPSA) is 17.1 Å². The van der Waals surface area contributed by atoms with E-state index in [1.807, 2.05) is 6.92 Å². The average Bonchev–Trinajstić information content (AvgIpc) is 2.62. The van der Waals surface area contributed by atoms with Gasteiger partial charge in [0.2, 0.25) is 5.78 Å². The third kappa shape index (κ3) is 2.17. The minimum Gasteiger partial charge on any atom is -0.288 e. The molecule has 0 amide bonds. The summed E-state index contributed by atoms with van der Waals surface area (Å²) in [5.41, 5.74) is 0.0411. The summed E-state index contributed by atoms with van der Waals surface area (Å²) in [6.45, 7) is 1.87. The highest BCUT2D eigenvalue weighted by atomic mass is 32.1. The third-order valence-corrected chi connectivity index (χ3v) is 3.09. The van der Waals surface area contributed by atoms with Crippen LogP contribution in [0.15, 0.2) is 30.3 Å². The monoisotopic (exact) mass is 238 g/mol. The lowest BCUT2D eigenvalue weighted by atomic mass is 10.1. The van der Waals surface area contributed by atoms with Crippen LogP contribution in [0.1, 0.15) is 20.1 Å². The Labute approximate surface area is 95.4 Å². The zero-order valence-electron chi connectivity index (χ0n) is 8.46. The first-order valence-electron chi connectivity index (χ1n) is 4.63. The molecule has 0 fully saturated rings. The molecular formula is C12H8F2OS. The molecule has 1 aromatic carbocycles. The fraction of sp³-hybridized carbons (Fsp3) is 0.0833. The van der Waals surface area contributed by atoms with Gasteiger partial charge < -0.3 is 0 Å². The number of ketones is 1. The number of thiophene rings is 1. The van der Waals surface area contributed by atoms with Crippen LogP contribution in [0, 0.1) is 18.6 Å². The van der Waals surface area contributed by atoms with Crippen molar-refractivity contribution in [1.82, 2.24) is 0 Å². The molecule has 1 aromatic heterocycles. The van der Waals surface area contributed by atoms with Crippen LogP contribution < -0.4 is 0 Å². The second-order valence-corrected chi connectivity index (χ2v) is 4.69. The molecule has 0 spiro atoms. The van der Waals surface area contributed by atoms with E-state index in [-0.39, 0.29) is 11.3 Å². The fourth-order valence-corrected chi connectivity index (χ4v) is 2.21. The Balaban J connectivity index is 2.41. The Kier molecular flexibility index (Phi) is 2.83. The quantitative estimate of drug-likeness (QED) is 0.731. The number of carbonyl (C=O) groups excluding carboxylic acids is 1. The van der Waals surface area contributed by atoms with Crippen molar-refractivity contribution in [3.8, 4) is 0 Å². The highest BCUT2D eigenvalue weighted by Gasteiger charge is 2.13. The normalized spacial score (nSPS) is 10.4. The molecule has 0 N–H and O–H groups in total. The molecule has 1 nitrogen and oxygen atoms in total. The number of benzene rings is 1. The standard InChI is InChI=1S/C12H8F2OS/c1-7-2-3-11(16-7)12(15)8-4-9(13)6-10(14)5-8/h2-6H,1H3. The number of hydrogen-bond donors (Lipinski definition) is 0. The van der Waals surface area contributed by atoms with Gasteiger partial charge in [-0.1, -0.05) is 0 Å². The summed E-state index contributed by atoms with van der Waals surface area (Å²) < 4.78 is 25.8. The van der Waals surface area contributed by atoms with Gasteiger partial charge in [0.15, 0.2) is 0 Å². The Morgan fingerprint density at radius 1 is 1.12 bits per heavy atom. The van der Waals surface area contributed by atoms with Gasteiger partial charge in [0.25, 0.3) is 0 Å². The van der Waals surface area contributed by atoms with Gasteiger partial charge in [0.05, 0.1) is 4.88 Å². The van der Waals surface area contributed by atoms with Crippen LogP contribution in [0.5, 0.6) is 0 Å². The van der Waals surface area contributed by atoms with Gasteiger partial charge in [-0.25, -0.2) is 8.78 Å². The van der Waals surface area contributed by atoms with Gasteiger partial charge in [-0.05, 0) is 31.2 Å². The molecule has 0 atom stereocenters. The van der Waals surface area contributed by atoms with Crippen molar-refractivity contribution in [3.63, 3.8) is 0 Å². The van der Waals surface area contributed by atoms with Crippen LogP contribution in [0.4, 0.5) is 8.78 Å². The molecule has 0 aliphatic heterocycles. The lowest BCUT2D eigenvalue weighted by molar-refractivity contribution is 0.104. The summed E-state index contributed by atoms with van der Waals surface area (Å²) in [4.78, 5) is 13.3. The molecule has 2 aromatic rings. The summed E-state index contributed by atoms with van der Waals surface area (Å²) in [5.74, 6) is -1.83. The van der Waals surface area contributed by atoms with E-state index >= 15 is 0 Å². The lowest BCUT2D eigenvalue weighted by Crippen LogP contribution is -2.00. The molecule has 0 saturated carbocycles. The minimum atomic E-state index is -0.739. The molecule has 0 unspecified atom stereocenters. The van der Waals surface area contributed by atoms with Gasteiger partial charge in [0, 0.05) is 16.5 Å². The summed E-state index contributed by atoms with van der Waals surface area (Å²) in [6.07, 6.45) is 0. The van der Waals surface area contributed by atoms with E-state index in [0.717, 1.165) is 23.1 Å². The highest BCUT2D eigenvalue weighted by Crippen LogP contribution is 2.20. The van der Waals surface area contributed by atoms with Crippen molar-refractivity contribution < 1.29 is 13.6 Å². The van der Waals surface area contributed by atoms with Crippen LogP contribution in [-0.4, -0.2) is 5.78 Å². The van der Waals surface area contributed by atoms with E-state index in [9.17, 15) is 13.6 Å². The molecule has 82 valence electrons. The van der Waals surface area contributed by atoms with E-state index in [2.05, 4.69) is 0 Å². The number of rotatable bonds is 2. The van der Waals surface area contributed by atoms with Crippen LogP contribution in [0.3, 0.4) is 0 Å². The Bertz CT molecular complexity index is 525. The molecule has 0 radical (unpaired) electrons. The Hall–Kier alpha value is -1.55. The molecule has 0 aliphatic rings. The highest BCUT2D eigenvalue weighted by molar-refractivity contribution is 7.14. The van der Waals surface area contributed by atoms with Crippen molar-refractivity contribution in [2.45, 2.75) is 6.92 Å². The summed E-state index contributed by atoms with van der Waals surface area (Å²) in [7, 11) is 0. The Morgan fingerprint density at radius 3 is 2.25 bits per heavy atom. The SMILES string of the molecule is Cc1ccc(C(=O)c2cc(F)cc(F)c2)s1. The maximum atomic E-state index is 12.9. The van der Waals surface area contributed by atoms with Gasteiger partial charge >= 0.3 is 0 Å². The molecule has 0 saturated heterocycles. The molecular weight excluding hydrogens is 230 g/mol. The first-order valence-corrected chi connectivity index (χ1v) is 5.45. The molecule has 0 aliphatic carbocycles. The second kappa shape index (κ2) is 4.14. The van der Waals surface area contributed by atoms with Crippen molar-refractivity contribution in [2.75, 3.05) is 0 Å².